The zero-order valence-corrected chi connectivity index (χ0v) is 11.2. The van der Waals surface area contributed by atoms with Gasteiger partial charge in [0, 0.05) is 14.5 Å². The lowest BCUT2D eigenvalue weighted by molar-refractivity contribution is 1.19. The number of hydrogen-bond acceptors (Lipinski definition) is 2. The molecule has 1 rings (SSSR count). The summed E-state index contributed by atoms with van der Waals surface area (Å²) in [5.74, 6) is -0.0551. The van der Waals surface area contributed by atoms with Crippen LogP contribution >= 0.6 is 31.9 Å². The molecule has 0 radical (unpaired) electrons. The zero-order chi connectivity index (χ0) is 11.4. The predicted molar refractivity (Wildman–Crippen MR) is 69.9 cm³/mol. The topological polar surface area (TPSA) is 76.8 Å². The van der Waals surface area contributed by atoms with Crippen LogP contribution in [0.2, 0.25) is 0 Å². The monoisotopic (exact) mass is 332 g/mol. The maximum Gasteiger partial charge on any atom is 0.211 e. The van der Waals surface area contributed by atoms with E-state index >= 15 is 0 Å². The second-order valence-corrected chi connectivity index (χ2v) is 4.60. The Morgan fingerprint density at radius 1 is 1.20 bits per heavy atom. The van der Waals surface area contributed by atoms with Gasteiger partial charge in [-0.2, -0.15) is 5.10 Å². The molecule has 80 valence electrons. The summed E-state index contributed by atoms with van der Waals surface area (Å²) in [6, 6.07) is 5.79. The molecule has 6 heteroatoms. The van der Waals surface area contributed by atoms with Crippen LogP contribution in [0.5, 0.6) is 0 Å². The molecule has 0 aliphatic rings. The first kappa shape index (κ1) is 12.2. The van der Waals surface area contributed by atoms with E-state index in [4.69, 9.17) is 11.5 Å². The molecule has 0 amide bonds. The van der Waals surface area contributed by atoms with E-state index in [1.54, 1.807) is 0 Å². The minimum Gasteiger partial charge on any atom is -0.369 e. The van der Waals surface area contributed by atoms with Crippen LogP contribution in [0.1, 0.15) is 12.5 Å². The zero-order valence-electron chi connectivity index (χ0n) is 8.04. The van der Waals surface area contributed by atoms with Crippen LogP contribution in [0, 0.1) is 0 Å². The van der Waals surface area contributed by atoms with Crippen molar-refractivity contribution in [1.29, 1.82) is 0 Å². The van der Waals surface area contributed by atoms with E-state index in [-0.39, 0.29) is 5.96 Å². The third-order valence-electron chi connectivity index (χ3n) is 1.63. The van der Waals surface area contributed by atoms with Crippen molar-refractivity contribution in [3.63, 3.8) is 0 Å². The van der Waals surface area contributed by atoms with Gasteiger partial charge in [-0.1, -0.05) is 31.9 Å². The molecule has 0 aliphatic heterocycles. The van der Waals surface area contributed by atoms with Crippen molar-refractivity contribution >= 4 is 43.5 Å². The predicted octanol–water partition coefficient (Wildman–Crippen LogP) is 2.21. The minimum atomic E-state index is -0.0551. The maximum atomic E-state index is 5.19. The highest BCUT2D eigenvalue weighted by atomic mass is 79.9. The molecule has 0 aromatic heterocycles. The quantitative estimate of drug-likeness (QED) is 0.494. The first-order valence-corrected chi connectivity index (χ1v) is 5.68. The lowest BCUT2D eigenvalue weighted by Crippen LogP contribution is -2.22. The largest absolute Gasteiger partial charge is 0.369 e. The summed E-state index contributed by atoms with van der Waals surface area (Å²) in [6.45, 7) is 1.83. The molecule has 0 spiro atoms. The van der Waals surface area contributed by atoms with Crippen molar-refractivity contribution in [2.75, 3.05) is 0 Å². The van der Waals surface area contributed by atoms with Crippen LogP contribution in [0.25, 0.3) is 0 Å². The van der Waals surface area contributed by atoms with Crippen molar-refractivity contribution in [2.45, 2.75) is 6.92 Å². The van der Waals surface area contributed by atoms with E-state index in [0.717, 1.165) is 20.2 Å². The molecule has 0 heterocycles. The molecule has 1 aromatic carbocycles. The number of halogens is 2. The average Bonchev–Trinajstić information content (AvgIpc) is 2.18. The van der Waals surface area contributed by atoms with E-state index in [2.05, 4.69) is 42.1 Å². The SMILES string of the molecule is C/C(=N/N=C(N)N)c1cc(Br)ccc1Br. The first-order valence-electron chi connectivity index (χ1n) is 4.09. The van der Waals surface area contributed by atoms with Gasteiger partial charge in [-0.05, 0) is 25.1 Å². The summed E-state index contributed by atoms with van der Waals surface area (Å²) in [6.07, 6.45) is 0. The second kappa shape index (κ2) is 5.27. The molecule has 0 unspecified atom stereocenters. The van der Waals surface area contributed by atoms with Crippen LogP contribution in [-0.4, -0.2) is 11.7 Å². The Kier molecular flexibility index (Phi) is 4.28. The Morgan fingerprint density at radius 2 is 1.87 bits per heavy atom. The highest BCUT2D eigenvalue weighted by Crippen LogP contribution is 2.22. The van der Waals surface area contributed by atoms with Crippen molar-refractivity contribution in [3.8, 4) is 0 Å². The number of benzene rings is 1. The highest BCUT2D eigenvalue weighted by Gasteiger charge is 2.03. The summed E-state index contributed by atoms with van der Waals surface area (Å²) in [4.78, 5) is 0. The van der Waals surface area contributed by atoms with E-state index in [0.29, 0.717) is 0 Å². The van der Waals surface area contributed by atoms with Gasteiger partial charge in [-0.3, -0.25) is 0 Å². The molecule has 0 aliphatic carbocycles. The van der Waals surface area contributed by atoms with E-state index in [1.807, 2.05) is 25.1 Å². The van der Waals surface area contributed by atoms with E-state index in [1.165, 1.54) is 0 Å². The van der Waals surface area contributed by atoms with Crippen LogP contribution in [0.3, 0.4) is 0 Å². The van der Waals surface area contributed by atoms with Gasteiger partial charge in [0.15, 0.2) is 0 Å². The standard InChI is InChI=1S/C9H10Br2N4/c1-5(14-15-9(12)13)7-4-6(10)2-3-8(7)11/h2-4H,1H3,(H4,12,13,15)/b14-5-. The van der Waals surface area contributed by atoms with Crippen molar-refractivity contribution in [1.82, 2.24) is 0 Å². The number of nitrogens with two attached hydrogens (primary N) is 2. The van der Waals surface area contributed by atoms with Gasteiger partial charge in [0.2, 0.25) is 5.96 Å². The third kappa shape index (κ3) is 3.64. The third-order valence-corrected chi connectivity index (χ3v) is 2.82. The lowest BCUT2D eigenvalue weighted by Gasteiger charge is -2.03. The summed E-state index contributed by atoms with van der Waals surface area (Å²) < 4.78 is 1.91. The first-order chi connectivity index (χ1) is 7.00. The van der Waals surface area contributed by atoms with Crippen molar-refractivity contribution in [2.24, 2.45) is 21.7 Å². The van der Waals surface area contributed by atoms with E-state index < -0.39 is 0 Å². The molecule has 0 bridgehead atoms. The molecule has 0 fully saturated rings. The van der Waals surface area contributed by atoms with Crippen molar-refractivity contribution < 1.29 is 0 Å². The Bertz CT molecular complexity index is 422. The highest BCUT2D eigenvalue weighted by molar-refractivity contribution is 9.11. The smallest absolute Gasteiger partial charge is 0.211 e. The fourth-order valence-electron chi connectivity index (χ4n) is 0.961. The van der Waals surface area contributed by atoms with Crippen LogP contribution < -0.4 is 11.5 Å². The fraction of sp³-hybridized carbons (Fsp3) is 0.111. The summed E-state index contributed by atoms with van der Waals surface area (Å²) in [7, 11) is 0. The number of rotatable bonds is 2. The van der Waals surface area contributed by atoms with Crippen LogP contribution in [0.15, 0.2) is 37.3 Å². The van der Waals surface area contributed by atoms with Gasteiger partial charge in [-0.15, -0.1) is 5.10 Å². The molecule has 0 atom stereocenters. The summed E-state index contributed by atoms with van der Waals surface area (Å²) in [5.41, 5.74) is 12.0. The van der Waals surface area contributed by atoms with Gasteiger partial charge >= 0.3 is 0 Å². The fourth-order valence-corrected chi connectivity index (χ4v) is 1.86. The van der Waals surface area contributed by atoms with Crippen LogP contribution in [-0.2, 0) is 0 Å². The minimum absolute atomic E-state index is 0.0551. The number of guanidine groups is 1. The molecular formula is C9H10Br2N4. The van der Waals surface area contributed by atoms with Gasteiger partial charge in [-0.25, -0.2) is 0 Å². The lowest BCUT2D eigenvalue weighted by atomic mass is 10.1. The Hall–Kier alpha value is -0.880. The van der Waals surface area contributed by atoms with Gasteiger partial charge in [0.05, 0.1) is 5.71 Å². The molecule has 4 N–H and O–H groups in total. The number of hydrogen-bond donors (Lipinski definition) is 2. The average molecular weight is 334 g/mol. The van der Waals surface area contributed by atoms with Gasteiger partial charge in [0.1, 0.15) is 0 Å². The summed E-state index contributed by atoms with van der Waals surface area (Å²) in [5, 5.41) is 7.50. The molecule has 0 saturated carbocycles. The summed E-state index contributed by atoms with van der Waals surface area (Å²) >= 11 is 6.81. The molecule has 4 nitrogen and oxygen atoms in total. The second-order valence-electron chi connectivity index (χ2n) is 2.83. The Morgan fingerprint density at radius 3 is 2.47 bits per heavy atom. The van der Waals surface area contributed by atoms with Crippen molar-refractivity contribution in [3.05, 3.63) is 32.7 Å². The van der Waals surface area contributed by atoms with Gasteiger partial charge in [0.25, 0.3) is 0 Å². The molecule has 0 saturated heterocycles. The molecule has 15 heavy (non-hydrogen) atoms. The normalized spacial score (nSPS) is 11.3. The molecular weight excluding hydrogens is 324 g/mol. The van der Waals surface area contributed by atoms with E-state index in [9.17, 15) is 0 Å². The molecule has 1 aromatic rings. The van der Waals surface area contributed by atoms with Gasteiger partial charge < -0.3 is 11.5 Å². The van der Waals surface area contributed by atoms with Crippen LogP contribution in [0.4, 0.5) is 0 Å². The Labute approximate surface area is 105 Å². The Balaban J connectivity index is 3.10. The maximum absolute atomic E-state index is 5.19. The number of nitrogens with zero attached hydrogens (tertiary/aromatic N) is 2.